The zero-order chi connectivity index (χ0) is 14.8. The van der Waals surface area contributed by atoms with Crippen molar-refractivity contribution in [2.75, 3.05) is 5.32 Å². The number of hydrogen-bond donors (Lipinski definition) is 1. The fourth-order valence-electron chi connectivity index (χ4n) is 2.27. The molecule has 1 aliphatic rings. The minimum Gasteiger partial charge on any atom is -0.550 e. The van der Waals surface area contributed by atoms with E-state index in [0.29, 0.717) is 24.3 Å². The van der Waals surface area contributed by atoms with E-state index in [0.717, 1.165) is 0 Å². The maximum Gasteiger partial charge on any atom is 1.00 e. The molecule has 0 atom stereocenters. The molecule has 3 rings (SSSR count). The number of hydrogen-bond acceptors (Lipinski definition) is 5. The van der Waals surface area contributed by atoms with Gasteiger partial charge in [-0.05, 0) is 31.0 Å². The minimum atomic E-state index is -1.08. The summed E-state index contributed by atoms with van der Waals surface area (Å²) in [6, 6.07) is 5.27. The number of aliphatic carboxylic acids is 1. The van der Waals surface area contributed by atoms with Crippen LogP contribution in [0.3, 0.4) is 0 Å². The number of carboxylic acid groups (broad SMARTS) is 1. The monoisotopic (exact) mass is 308 g/mol. The summed E-state index contributed by atoms with van der Waals surface area (Å²) in [5.41, 5.74) is 0.577. The molecule has 1 saturated carbocycles. The number of nitrogens with zero attached hydrogens (tertiary/aromatic N) is 3. The molecule has 1 fully saturated rings. The molecule has 8 heteroatoms. The molecule has 2 aromatic rings. The van der Waals surface area contributed by atoms with Crippen molar-refractivity contribution in [3.05, 3.63) is 36.8 Å². The van der Waals surface area contributed by atoms with Crippen molar-refractivity contribution in [1.82, 2.24) is 14.8 Å². The molecular formula is C14H13N4NaO3. The van der Waals surface area contributed by atoms with Gasteiger partial charge in [-0.3, -0.25) is 4.79 Å². The van der Waals surface area contributed by atoms with Crippen molar-refractivity contribution in [3.8, 4) is 5.82 Å². The van der Waals surface area contributed by atoms with Gasteiger partial charge in [-0.15, -0.1) is 0 Å². The van der Waals surface area contributed by atoms with E-state index in [4.69, 9.17) is 0 Å². The van der Waals surface area contributed by atoms with Crippen molar-refractivity contribution >= 4 is 17.6 Å². The molecular weight excluding hydrogens is 295 g/mol. The van der Waals surface area contributed by atoms with E-state index in [2.05, 4.69) is 15.4 Å². The first-order chi connectivity index (χ1) is 10.1. The number of rotatable bonds is 4. The number of aromatic nitrogens is 3. The molecule has 7 nitrogen and oxygen atoms in total. The number of pyridine rings is 1. The topological polar surface area (TPSA) is 99.9 Å². The first-order valence-corrected chi connectivity index (χ1v) is 6.61. The van der Waals surface area contributed by atoms with Gasteiger partial charge in [0.15, 0.2) is 5.82 Å². The molecule has 1 N–H and O–H groups in total. The van der Waals surface area contributed by atoms with Crippen molar-refractivity contribution in [3.63, 3.8) is 0 Å². The minimum absolute atomic E-state index is 0. The van der Waals surface area contributed by atoms with Crippen LogP contribution >= 0.6 is 0 Å². The fourth-order valence-corrected chi connectivity index (χ4v) is 2.27. The predicted molar refractivity (Wildman–Crippen MR) is 71.2 cm³/mol. The number of anilines is 1. The predicted octanol–water partition coefficient (Wildman–Crippen LogP) is -3.01. The third kappa shape index (κ3) is 3.55. The Kier molecular flexibility index (Phi) is 5.33. The quantitative estimate of drug-likeness (QED) is 0.606. The average molecular weight is 308 g/mol. The molecule has 1 amide bonds. The first kappa shape index (κ1) is 16.7. The van der Waals surface area contributed by atoms with Gasteiger partial charge in [0.2, 0.25) is 5.91 Å². The molecule has 0 aliphatic heterocycles. The first-order valence-electron chi connectivity index (χ1n) is 6.61. The van der Waals surface area contributed by atoms with Gasteiger partial charge < -0.3 is 15.2 Å². The second kappa shape index (κ2) is 7.04. The van der Waals surface area contributed by atoms with Gasteiger partial charge in [-0.2, -0.15) is 5.10 Å². The van der Waals surface area contributed by atoms with E-state index in [9.17, 15) is 14.7 Å². The Labute approximate surface area is 149 Å². The van der Waals surface area contributed by atoms with E-state index in [-0.39, 0.29) is 41.4 Å². The van der Waals surface area contributed by atoms with Gasteiger partial charge in [-0.1, -0.05) is 0 Å². The molecule has 1 aliphatic carbocycles. The normalized spacial score (nSPS) is 19.6. The van der Waals surface area contributed by atoms with Crippen molar-refractivity contribution in [1.29, 1.82) is 0 Å². The summed E-state index contributed by atoms with van der Waals surface area (Å²) in [7, 11) is 0. The number of carboxylic acids is 1. The number of amides is 1. The number of nitrogens with one attached hydrogen (secondary N) is 1. The number of carbonyl (C=O) groups is 2. The Morgan fingerprint density at radius 2 is 2.05 bits per heavy atom. The van der Waals surface area contributed by atoms with Gasteiger partial charge >= 0.3 is 29.6 Å². The molecule has 0 aromatic carbocycles. The molecule has 0 saturated heterocycles. The van der Waals surface area contributed by atoms with Crippen molar-refractivity contribution < 1.29 is 44.3 Å². The summed E-state index contributed by atoms with van der Waals surface area (Å²) in [5, 5.41) is 17.4. The van der Waals surface area contributed by atoms with E-state index in [1.807, 2.05) is 0 Å². The molecule has 0 unspecified atom stereocenters. The van der Waals surface area contributed by atoms with Crippen LogP contribution in [0.4, 0.5) is 5.69 Å². The van der Waals surface area contributed by atoms with Crippen molar-refractivity contribution in [2.45, 2.75) is 12.8 Å². The molecule has 0 spiro atoms. The molecule has 22 heavy (non-hydrogen) atoms. The van der Waals surface area contributed by atoms with Gasteiger partial charge in [0, 0.05) is 30.2 Å². The summed E-state index contributed by atoms with van der Waals surface area (Å²) in [5.74, 6) is -1.37. The SMILES string of the molecule is O=C([O-])C1CC(C(=O)Nc2ccc(-n3cccn3)nc2)C1.[Na+]. The largest absolute Gasteiger partial charge is 1.00 e. The van der Waals surface area contributed by atoms with Crippen LogP contribution in [-0.4, -0.2) is 26.6 Å². The summed E-state index contributed by atoms with van der Waals surface area (Å²) in [4.78, 5) is 26.7. The number of carbonyl (C=O) groups excluding carboxylic acids is 2. The molecule has 2 heterocycles. The Balaban J connectivity index is 0.00000176. The van der Waals surface area contributed by atoms with E-state index in [1.54, 1.807) is 41.5 Å². The second-order valence-electron chi connectivity index (χ2n) is 5.03. The summed E-state index contributed by atoms with van der Waals surface area (Å²) in [6.07, 6.45) is 5.65. The van der Waals surface area contributed by atoms with Crippen LogP contribution in [0.2, 0.25) is 0 Å². The molecule has 0 bridgehead atoms. The smallest absolute Gasteiger partial charge is 0.550 e. The van der Waals surface area contributed by atoms with Gasteiger partial charge in [0.05, 0.1) is 11.9 Å². The fraction of sp³-hybridized carbons (Fsp3) is 0.286. The zero-order valence-corrected chi connectivity index (χ0v) is 14.1. The van der Waals surface area contributed by atoms with E-state index >= 15 is 0 Å². The summed E-state index contributed by atoms with van der Waals surface area (Å²) in [6.45, 7) is 0. The maximum absolute atomic E-state index is 11.9. The Hall–Kier alpha value is -1.70. The third-order valence-electron chi connectivity index (χ3n) is 3.60. The van der Waals surface area contributed by atoms with Gasteiger partial charge in [-0.25, -0.2) is 9.67 Å². The Morgan fingerprint density at radius 3 is 2.59 bits per heavy atom. The Morgan fingerprint density at radius 1 is 1.27 bits per heavy atom. The zero-order valence-electron chi connectivity index (χ0n) is 12.1. The van der Waals surface area contributed by atoms with E-state index in [1.165, 1.54) is 0 Å². The molecule has 108 valence electrons. The van der Waals surface area contributed by atoms with Gasteiger partial charge in [0.1, 0.15) is 0 Å². The Bertz CT molecular complexity index is 651. The average Bonchev–Trinajstić information content (AvgIpc) is 2.91. The van der Waals surface area contributed by atoms with Gasteiger partial charge in [0.25, 0.3) is 0 Å². The van der Waals surface area contributed by atoms with Crippen LogP contribution < -0.4 is 40.0 Å². The third-order valence-corrected chi connectivity index (χ3v) is 3.60. The van der Waals surface area contributed by atoms with Crippen LogP contribution in [0.1, 0.15) is 12.8 Å². The second-order valence-corrected chi connectivity index (χ2v) is 5.03. The van der Waals surface area contributed by atoms with Crippen LogP contribution in [0.5, 0.6) is 0 Å². The standard InChI is InChI=1S/C14H14N4O3.Na/c19-13(9-6-10(7-9)14(20)21)17-11-2-3-12(15-8-11)18-5-1-4-16-18;/h1-5,8-10H,6-7H2,(H,17,19)(H,20,21);/q;+1/p-1. The molecule has 2 aromatic heterocycles. The summed E-state index contributed by atoms with van der Waals surface area (Å²) >= 11 is 0. The molecule has 0 radical (unpaired) electrons. The van der Waals surface area contributed by atoms with Crippen LogP contribution in [0.15, 0.2) is 36.8 Å². The van der Waals surface area contributed by atoms with Crippen LogP contribution in [-0.2, 0) is 9.59 Å². The van der Waals surface area contributed by atoms with Crippen molar-refractivity contribution in [2.24, 2.45) is 11.8 Å². The van der Waals surface area contributed by atoms with Crippen LogP contribution in [0, 0.1) is 11.8 Å². The summed E-state index contributed by atoms with van der Waals surface area (Å²) < 4.78 is 1.61. The van der Waals surface area contributed by atoms with E-state index < -0.39 is 11.9 Å². The van der Waals surface area contributed by atoms with Crippen LogP contribution in [0.25, 0.3) is 5.82 Å². The maximum atomic E-state index is 11.9.